The van der Waals surface area contributed by atoms with Crippen LogP contribution in [0, 0.1) is 10.1 Å². The van der Waals surface area contributed by atoms with Crippen molar-refractivity contribution in [3.05, 3.63) is 63.6 Å². The zero-order valence-corrected chi connectivity index (χ0v) is 16.1. The van der Waals surface area contributed by atoms with Gasteiger partial charge in [0.2, 0.25) is 0 Å². The highest BCUT2D eigenvalue weighted by molar-refractivity contribution is 5.91. The molecule has 146 valence electrons. The number of nitrogens with zero attached hydrogens (tertiary/aromatic N) is 4. The summed E-state index contributed by atoms with van der Waals surface area (Å²) >= 11 is 0. The summed E-state index contributed by atoms with van der Waals surface area (Å²) < 4.78 is 4.93. The lowest BCUT2D eigenvalue weighted by molar-refractivity contribution is -0.384. The number of benzene rings is 1. The van der Waals surface area contributed by atoms with E-state index in [1.165, 1.54) is 13.2 Å². The Hall–Kier alpha value is -3.29. The summed E-state index contributed by atoms with van der Waals surface area (Å²) in [5, 5.41) is 11.5. The van der Waals surface area contributed by atoms with E-state index in [2.05, 4.69) is 16.5 Å². The van der Waals surface area contributed by atoms with Gasteiger partial charge in [-0.15, -0.1) is 0 Å². The number of methoxy groups -OCH3 is 1. The molecular weight excluding hydrogens is 360 g/mol. The monoisotopic (exact) mass is 382 g/mol. The molecule has 1 aromatic heterocycles. The zero-order chi connectivity index (χ0) is 20.4. The Labute approximate surface area is 163 Å². The molecule has 28 heavy (non-hydrogen) atoms. The minimum absolute atomic E-state index is 0.0440. The highest BCUT2D eigenvalue weighted by Gasteiger charge is 2.32. The van der Waals surface area contributed by atoms with Gasteiger partial charge in [-0.2, -0.15) is 0 Å². The maximum absolute atomic E-state index is 12.4. The largest absolute Gasteiger partial charge is 0.464 e. The second-order valence-electron chi connectivity index (χ2n) is 6.94. The predicted molar refractivity (Wildman–Crippen MR) is 105 cm³/mol. The number of hydrogen-bond acceptors (Lipinski definition) is 7. The van der Waals surface area contributed by atoms with E-state index in [1.54, 1.807) is 30.1 Å². The van der Waals surface area contributed by atoms with E-state index in [4.69, 9.17) is 4.74 Å². The van der Waals surface area contributed by atoms with E-state index in [1.807, 2.05) is 6.92 Å². The van der Waals surface area contributed by atoms with Crippen LogP contribution in [-0.2, 0) is 11.2 Å². The van der Waals surface area contributed by atoms with Crippen molar-refractivity contribution >= 4 is 23.2 Å². The van der Waals surface area contributed by atoms with Crippen molar-refractivity contribution in [2.75, 3.05) is 19.1 Å². The van der Waals surface area contributed by atoms with Crippen molar-refractivity contribution in [2.45, 2.75) is 32.1 Å². The molecule has 1 aliphatic rings. The summed E-state index contributed by atoms with van der Waals surface area (Å²) in [4.78, 5) is 34.3. The Kier molecular flexibility index (Phi) is 5.39. The van der Waals surface area contributed by atoms with Crippen molar-refractivity contribution in [2.24, 2.45) is 0 Å². The van der Waals surface area contributed by atoms with Crippen molar-refractivity contribution in [1.82, 2.24) is 9.97 Å². The van der Waals surface area contributed by atoms with Crippen LogP contribution in [0.25, 0.3) is 0 Å². The van der Waals surface area contributed by atoms with Crippen LogP contribution in [0.5, 0.6) is 0 Å². The smallest absolute Gasteiger partial charge is 0.357 e. The van der Waals surface area contributed by atoms with Gasteiger partial charge in [0, 0.05) is 24.6 Å². The molecule has 1 aromatic carbocycles. The van der Waals surface area contributed by atoms with Crippen molar-refractivity contribution in [1.29, 1.82) is 0 Å². The molecule has 0 amide bonds. The fraction of sp³-hybridized carbons (Fsp3) is 0.350. The van der Waals surface area contributed by atoms with Crippen LogP contribution in [-0.4, -0.2) is 35.0 Å². The van der Waals surface area contributed by atoms with E-state index >= 15 is 0 Å². The topological polar surface area (TPSA) is 98.5 Å². The molecule has 0 unspecified atom stereocenters. The first-order valence-corrected chi connectivity index (χ1v) is 8.94. The van der Waals surface area contributed by atoms with Crippen LogP contribution in [0.1, 0.15) is 47.6 Å². The maximum Gasteiger partial charge on any atom is 0.357 e. The third-order valence-corrected chi connectivity index (χ3v) is 4.56. The first-order valence-electron chi connectivity index (χ1n) is 8.94. The Balaban J connectivity index is 2.22. The lowest BCUT2D eigenvalue weighted by Gasteiger charge is -2.23. The number of aromatic nitrogens is 2. The molecular formula is C20H22N4O4. The maximum atomic E-state index is 12.4. The molecule has 1 heterocycles. The summed E-state index contributed by atoms with van der Waals surface area (Å²) in [5.74, 6) is 0.652. The molecule has 3 rings (SSSR count). The average molecular weight is 382 g/mol. The first kappa shape index (κ1) is 19.5. The minimum Gasteiger partial charge on any atom is -0.464 e. The van der Waals surface area contributed by atoms with Gasteiger partial charge in [-0.05, 0) is 32.3 Å². The Morgan fingerprint density at radius 2 is 2.04 bits per heavy atom. The van der Waals surface area contributed by atoms with Crippen LogP contribution >= 0.6 is 0 Å². The molecule has 0 radical (unpaired) electrons. The minimum atomic E-state index is -0.558. The molecule has 0 atom stereocenters. The van der Waals surface area contributed by atoms with E-state index in [9.17, 15) is 14.9 Å². The van der Waals surface area contributed by atoms with Gasteiger partial charge in [0.05, 0.1) is 12.0 Å². The highest BCUT2D eigenvalue weighted by Crippen LogP contribution is 2.41. The fourth-order valence-electron chi connectivity index (χ4n) is 3.04. The number of hydrogen-bond donors (Lipinski definition) is 0. The van der Waals surface area contributed by atoms with Crippen LogP contribution in [0.3, 0.4) is 0 Å². The molecule has 1 fully saturated rings. The second kappa shape index (κ2) is 7.75. The van der Waals surface area contributed by atoms with E-state index in [-0.39, 0.29) is 17.3 Å². The van der Waals surface area contributed by atoms with Gasteiger partial charge in [0.15, 0.2) is 5.69 Å². The Bertz CT molecular complexity index is 953. The summed E-state index contributed by atoms with van der Waals surface area (Å²) in [6.07, 6.45) is 2.26. The van der Waals surface area contributed by atoms with Gasteiger partial charge in [-0.1, -0.05) is 24.3 Å². The number of para-hydroxylation sites is 2. The lowest BCUT2D eigenvalue weighted by Crippen LogP contribution is -2.21. The standard InChI is InChI=1S/C20H22N4O4/c1-12(2)11-14-17(20(25)28-4)21-18(13-9-10-13)22-19(14)23(3)15-7-5-6-8-16(15)24(26)27/h5-8,13H,1,9-11H2,2-4H3. The molecule has 2 aromatic rings. The number of carbonyl (C=O) groups is 1. The van der Waals surface area contributed by atoms with Gasteiger partial charge in [0.25, 0.3) is 5.69 Å². The lowest BCUT2D eigenvalue weighted by atomic mass is 10.0. The summed E-state index contributed by atoms with van der Waals surface area (Å²) in [6, 6.07) is 6.43. The molecule has 0 aliphatic heterocycles. The van der Waals surface area contributed by atoms with Gasteiger partial charge in [-0.3, -0.25) is 10.1 Å². The average Bonchev–Trinajstić information content (AvgIpc) is 3.51. The second-order valence-corrected chi connectivity index (χ2v) is 6.94. The van der Waals surface area contributed by atoms with Crippen molar-refractivity contribution in [3.8, 4) is 0 Å². The molecule has 0 bridgehead atoms. The normalized spacial score (nSPS) is 13.1. The highest BCUT2D eigenvalue weighted by atomic mass is 16.6. The number of esters is 1. The van der Waals surface area contributed by atoms with Gasteiger partial charge < -0.3 is 9.64 Å². The van der Waals surface area contributed by atoms with Crippen LogP contribution < -0.4 is 4.90 Å². The number of anilines is 2. The first-order chi connectivity index (χ1) is 13.3. The Morgan fingerprint density at radius 3 is 2.61 bits per heavy atom. The number of allylic oxidation sites excluding steroid dienone is 1. The van der Waals surface area contributed by atoms with E-state index in [0.717, 1.165) is 18.4 Å². The molecule has 8 heteroatoms. The van der Waals surface area contributed by atoms with Crippen LogP contribution in [0.2, 0.25) is 0 Å². The van der Waals surface area contributed by atoms with Crippen LogP contribution in [0.15, 0.2) is 36.4 Å². The number of carbonyl (C=O) groups excluding carboxylic acids is 1. The SMILES string of the molecule is C=C(C)Cc1c(C(=O)OC)nc(C2CC2)nc1N(C)c1ccccc1[N+](=O)[O-]. The summed E-state index contributed by atoms with van der Waals surface area (Å²) in [7, 11) is 3.00. The van der Waals surface area contributed by atoms with Crippen LogP contribution in [0.4, 0.5) is 17.2 Å². The van der Waals surface area contributed by atoms with Crippen molar-refractivity contribution in [3.63, 3.8) is 0 Å². The summed E-state index contributed by atoms with van der Waals surface area (Å²) in [5.41, 5.74) is 1.88. The quantitative estimate of drug-likeness (QED) is 0.309. The molecule has 0 spiro atoms. The fourth-order valence-corrected chi connectivity index (χ4v) is 3.04. The molecule has 0 saturated heterocycles. The number of ether oxygens (including phenoxy) is 1. The van der Waals surface area contributed by atoms with Crippen molar-refractivity contribution < 1.29 is 14.5 Å². The molecule has 1 aliphatic carbocycles. The number of nitro benzene ring substituents is 1. The zero-order valence-electron chi connectivity index (χ0n) is 16.1. The molecule has 0 N–H and O–H groups in total. The van der Waals surface area contributed by atoms with Gasteiger partial charge in [0.1, 0.15) is 17.3 Å². The van der Waals surface area contributed by atoms with Gasteiger partial charge in [-0.25, -0.2) is 14.8 Å². The Morgan fingerprint density at radius 1 is 1.36 bits per heavy atom. The molecule has 8 nitrogen and oxygen atoms in total. The number of nitro groups is 1. The third kappa shape index (κ3) is 3.85. The predicted octanol–water partition coefficient (Wildman–Crippen LogP) is 3.94. The van der Waals surface area contributed by atoms with E-state index < -0.39 is 10.9 Å². The van der Waals surface area contributed by atoms with E-state index in [0.29, 0.717) is 29.3 Å². The third-order valence-electron chi connectivity index (χ3n) is 4.56. The van der Waals surface area contributed by atoms with Gasteiger partial charge >= 0.3 is 5.97 Å². The molecule has 1 saturated carbocycles. The summed E-state index contributed by atoms with van der Waals surface area (Å²) in [6.45, 7) is 5.77. The number of rotatable bonds is 7.